The van der Waals surface area contributed by atoms with Crippen LogP contribution in [0.5, 0.6) is 0 Å². The van der Waals surface area contributed by atoms with Gasteiger partial charge >= 0.3 is 6.09 Å². The molecule has 3 aliphatic heterocycles. The predicted octanol–water partition coefficient (Wildman–Crippen LogP) is 5.86. The number of piperidine rings is 1. The third kappa shape index (κ3) is 5.21. The Morgan fingerprint density at radius 3 is 2.61 bits per heavy atom. The average molecular weight is 616 g/mol. The van der Waals surface area contributed by atoms with E-state index in [-0.39, 0.29) is 36.4 Å². The zero-order valence-electron chi connectivity index (χ0n) is 25.6. The molecule has 3 amide bonds. The molecule has 0 unspecified atom stereocenters. The van der Waals surface area contributed by atoms with E-state index in [9.17, 15) is 19.2 Å². The average Bonchev–Trinajstić information content (AvgIpc) is 3.64. The first-order chi connectivity index (χ1) is 22.2. The van der Waals surface area contributed by atoms with Gasteiger partial charge in [-0.15, -0.1) is 0 Å². The zero-order valence-corrected chi connectivity index (χ0v) is 25.6. The van der Waals surface area contributed by atoms with Crippen LogP contribution in [0, 0.1) is 12.8 Å². The van der Waals surface area contributed by atoms with Gasteiger partial charge in [0.2, 0.25) is 11.8 Å². The zero-order chi connectivity index (χ0) is 32.1. The van der Waals surface area contributed by atoms with Crippen molar-refractivity contribution in [1.82, 2.24) is 9.88 Å². The van der Waals surface area contributed by atoms with Crippen molar-refractivity contribution in [2.45, 2.75) is 32.4 Å². The largest absolute Gasteiger partial charge is 0.444 e. The molecule has 3 N–H and O–H groups in total. The van der Waals surface area contributed by atoms with Crippen molar-refractivity contribution in [2.24, 2.45) is 5.92 Å². The molecule has 4 aliphatic rings. The van der Waals surface area contributed by atoms with E-state index in [4.69, 9.17) is 4.74 Å². The quantitative estimate of drug-likeness (QED) is 0.265. The number of ether oxygens (including phenoxy) is 1. The van der Waals surface area contributed by atoms with Crippen LogP contribution < -0.4 is 21.1 Å². The van der Waals surface area contributed by atoms with Crippen molar-refractivity contribution in [3.63, 3.8) is 0 Å². The molecule has 4 aromatic rings. The van der Waals surface area contributed by atoms with Crippen LogP contribution in [0.2, 0.25) is 0 Å². The minimum Gasteiger partial charge on any atom is -0.444 e. The Kier molecular flexibility index (Phi) is 7.19. The fourth-order valence-corrected chi connectivity index (χ4v) is 6.60. The summed E-state index contributed by atoms with van der Waals surface area (Å²) >= 11 is 0. The number of aromatic nitrogens is 1. The van der Waals surface area contributed by atoms with Crippen LogP contribution in [0.15, 0.2) is 90.0 Å². The van der Waals surface area contributed by atoms with Gasteiger partial charge in [0, 0.05) is 42.2 Å². The second-order valence-corrected chi connectivity index (χ2v) is 12.1. The molecule has 0 fully saturated rings. The molecule has 8 rings (SSSR count). The number of carbonyl (C=O) groups is 3. The summed E-state index contributed by atoms with van der Waals surface area (Å²) in [5.74, 6) is -0.349. The molecule has 232 valence electrons. The SMILES string of the molecule is C=C1COC(=O)Nc2ccc(N3C(=O)[C@H]4C=C3CC4)c(c2)CN(C)C(=O)[C@H](Nc2ccc3cc[nH]c(=O)c3c2)c2ccc1c(C)c2. The lowest BCUT2D eigenvalue weighted by Gasteiger charge is -2.30. The number of hydrogen-bond acceptors (Lipinski definition) is 6. The molecule has 3 aromatic carbocycles. The standard InChI is InChI=1S/C36H33N5O5/c1-20-14-23-6-10-29(20)21(2)19-46-36(45)39-26-8-11-31(41-28-9-5-24(16-28)34(41)43)25(15-26)18-40(3)35(44)32(23)38-27-7-4-22-12-13-37-33(42)30(22)17-27/h4,6-8,10-17,24,32,38H,2,5,9,18-19H2,1,3H3,(H,37,42)(H,39,45)/t24-,32-/m1/s1. The minimum atomic E-state index is -0.811. The van der Waals surface area contributed by atoms with Gasteiger partial charge in [-0.3, -0.25) is 24.6 Å². The van der Waals surface area contributed by atoms with Gasteiger partial charge < -0.3 is 19.9 Å². The molecule has 0 spiro atoms. The van der Waals surface area contributed by atoms with Crippen LogP contribution in [0.25, 0.3) is 16.3 Å². The number of amides is 3. The normalized spacial score (nSPS) is 19.8. The summed E-state index contributed by atoms with van der Waals surface area (Å²) in [6, 6.07) is 17.4. The molecular formula is C36H33N5O5. The number of aryl methyl sites for hydroxylation is 1. The number of benzene rings is 3. The van der Waals surface area contributed by atoms with Crippen molar-refractivity contribution in [3.8, 4) is 0 Å². The first-order valence-electron chi connectivity index (χ1n) is 15.2. The molecule has 10 nitrogen and oxygen atoms in total. The van der Waals surface area contributed by atoms with E-state index >= 15 is 0 Å². The van der Waals surface area contributed by atoms with E-state index < -0.39 is 12.1 Å². The van der Waals surface area contributed by atoms with Gasteiger partial charge in [0.25, 0.3) is 5.56 Å². The van der Waals surface area contributed by atoms with E-state index in [2.05, 4.69) is 22.2 Å². The number of anilines is 3. The Bertz CT molecular complexity index is 2050. The summed E-state index contributed by atoms with van der Waals surface area (Å²) in [5, 5.41) is 7.46. The number of aromatic amines is 1. The summed E-state index contributed by atoms with van der Waals surface area (Å²) in [7, 11) is 1.71. The fourth-order valence-electron chi connectivity index (χ4n) is 6.60. The molecule has 0 radical (unpaired) electrons. The minimum absolute atomic E-state index is 0.0126. The summed E-state index contributed by atoms with van der Waals surface area (Å²) < 4.78 is 5.50. The van der Waals surface area contributed by atoms with E-state index in [1.807, 2.05) is 49.4 Å². The highest BCUT2D eigenvalue weighted by atomic mass is 16.5. The van der Waals surface area contributed by atoms with E-state index in [0.29, 0.717) is 39.1 Å². The Morgan fingerprint density at radius 1 is 0.978 bits per heavy atom. The lowest BCUT2D eigenvalue weighted by molar-refractivity contribution is -0.131. The molecule has 1 aromatic heterocycles. The first kappa shape index (κ1) is 29.1. The summed E-state index contributed by atoms with van der Waals surface area (Å²) in [6.07, 6.45) is 4.59. The van der Waals surface area contributed by atoms with Crippen LogP contribution in [-0.4, -0.2) is 41.4 Å². The van der Waals surface area contributed by atoms with Gasteiger partial charge in [0.1, 0.15) is 12.6 Å². The molecule has 6 bridgehead atoms. The topological polar surface area (TPSA) is 124 Å². The van der Waals surface area contributed by atoms with Gasteiger partial charge in [-0.1, -0.05) is 36.9 Å². The number of H-pyrrole nitrogens is 1. The van der Waals surface area contributed by atoms with E-state index in [1.165, 1.54) is 0 Å². The highest BCUT2D eigenvalue weighted by Crippen LogP contribution is 2.41. The lowest BCUT2D eigenvalue weighted by Crippen LogP contribution is -2.37. The van der Waals surface area contributed by atoms with E-state index in [0.717, 1.165) is 35.1 Å². The predicted molar refractivity (Wildman–Crippen MR) is 177 cm³/mol. The van der Waals surface area contributed by atoms with Gasteiger partial charge in [0.05, 0.1) is 11.6 Å². The molecular weight excluding hydrogens is 582 g/mol. The van der Waals surface area contributed by atoms with Gasteiger partial charge in [0.15, 0.2) is 0 Å². The van der Waals surface area contributed by atoms with Crippen molar-refractivity contribution in [2.75, 3.05) is 29.2 Å². The van der Waals surface area contributed by atoms with Crippen LogP contribution >= 0.6 is 0 Å². The Balaban J connectivity index is 1.30. The van der Waals surface area contributed by atoms with E-state index in [1.54, 1.807) is 47.3 Å². The van der Waals surface area contributed by atoms with Gasteiger partial charge in [-0.05, 0) is 89.4 Å². The Morgan fingerprint density at radius 2 is 1.83 bits per heavy atom. The monoisotopic (exact) mass is 615 g/mol. The van der Waals surface area contributed by atoms with Crippen LogP contribution in [0.1, 0.15) is 41.1 Å². The number of pyridine rings is 1. The van der Waals surface area contributed by atoms with Crippen LogP contribution in [0.4, 0.5) is 21.9 Å². The lowest BCUT2D eigenvalue weighted by atomic mass is 9.95. The van der Waals surface area contributed by atoms with Crippen molar-refractivity contribution < 1.29 is 19.1 Å². The second-order valence-electron chi connectivity index (χ2n) is 12.1. The molecule has 1 aliphatic carbocycles. The molecule has 10 heteroatoms. The number of likely N-dealkylation sites (N-methyl/N-ethyl adjacent to an activating group) is 1. The van der Waals surface area contributed by atoms with Crippen molar-refractivity contribution in [3.05, 3.63) is 118 Å². The third-order valence-electron chi connectivity index (χ3n) is 8.96. The van der Waals surface area contributed by atoms with Gasteiger partial charge in [-0.25, -0.2) is 4.79 Å². The van der Waals surface area contributed by atoms with Crippen LogP contribution in [0.3, 0.4) is 0 Å². The number of nitrogens with zero attached hydrogens (tertiary/aromatic N) is 2. The summed E-state index contributed by atoms with van der Waals surface area (Å²) in [6.45, 7) is 6.18. The maximum absolute atomic E-state index is 14.4. The Hall–Kier alpha value is -5.64. The molecule has 4 heterocycles. The maximum atomic E-state index is 14.4. The first-order valence-corrected chi connectivity index (χ1v) is 15.2. The molecule has 46 heavy (non-hydrogen) atoms. The number of hydrogen-bond donors (Lipinski definition) is 3. The number of fused-ring (bicyclic) bond motifs is 11. The van der Waals surface area contributed by atoms with Crippen LogP contribution in [-0.2, 0) is 20.9 Å². The summed E-state index contributed by atoms with van der Waals surface area (Å²) in [5.41, 5.74) is 6.18. The summed E-state index contributed by atoms with van der Waals surface area (Å²) in [4.78, 5) is 59.0. The number of rotatable bonds is 3. The smallest absolute Gasteiger partial charge is 0.411 e. The fraction of sp³-hybridized carbons (Fsp3) is 0.222. The highest BCUT2D eigenvalue weighted by molar-refractivity contribution is 6.04. The second kappa shape index (κ2) is 11.4. The number of allylic oxidation sites excluding steroid dienone is 1. The highest BCUT2D eigenvalue weighted by Gasteiger charge is 2.39. The van der Waals surface area contributed by atoms with Crippen molar-refractivity contribution >= 4 is 51.3 Å². The van der Waals surface area contributed by atoms with Gasteiger partial charge in [-0.2, -0.15) is 0 Å². The third-order valence-corrected chi connectivity index (χ3v) is 8.96. The van der Waals surface area contributed by atoms with Crippen molar-refractivity contribution in [1.29, 1.82) is 0 Å². The molecule has 2 atom stereocenters. The molecule has 0 saturated carbocycles. The Labute approximate surface area is 265 Å². The number of carbonyl (C=O) groups excluding carboxylic acids is 3. The molecule has 0 saturated heterocycles. The maximum Gasteiger partial charge on any atom is 0.411 e. The number of nitrogens with one attached hydrogen (secondary N) is 3.